The molecule has 0 aliphatic rings. The molecule has 2 aromatic rings. The van der Waals surface area contributed by atoms with Crippen molar-refractivity contribution in [2.75, 3.05) is 0 Å². The van der Waals surface area contributed by atoms with Crippen LogP contribution >= 0.6 is 18.6 Å². The van der Waals surface area contributed by atoms with Crippen LogP contribution < -0.4 is 0 Å². The van der Waals surface area contributed by atoms with Gasteiger partial charge in [-0.15, -0.1) is 32.9 Å². The summed E-state index contributed by atoms with van der Waals surface area (Å²) in [6.07, 6.45) is 0. The molecule has 0 heterocycles. The predicted molar refractivity (Wildman–Crippen MR) is 107 cm³/mol. The number of hydrogen-bond donors (Lipinski definition) is 0. The van der Waals surface area contributed by atoms with Gasteiger partial charge in [-0.25, -0.2) is 0 Å². The Kier molecular flexibility index (Phi) is 8.89. The fourth-order valence-corrected chi connectivity index (χ4v) is 4.39. The van der Waals surface area contributed by atoms with Crippen molar-refractivity contribution in [1.82, 2.24) is 0 Å². The molecular weight excluding hydrogens is 391 g/mol. The van der Waals surface area contributed by atoms with Crippen LogP contribution in [0.25, 0.3) is 9.96 Å². The zero-order valence-corrected chi connectivity index (χ0v) is 19.2. The average Bonchev–Trinajstić information content (AvgIpc) is 2.48. The topological polar surface area (TPSA) is 28.2 Å². The molecule has 0 N–H and O–H groups in total. The Morgan fingerprint density at radius 1 is 0.708 bits per heavy atom. The molecule has 130 valence electrons. The Hall–Kier alpha value is -0.449. The maximum atomic E-state index is 5.04. The van der Waals surface area contributed by atoms with E-state index < -0.39 is 25.4 Å². The van der Waals surface area contributed by atoms with Crippen molar-refractivity contribution in [2.45, 2.75) is 40.8 Å². The number of hydrogen-bond acceptors (Lipinski definition) is 0. The van der Waals surface area contributed by atoms with E-state index in [-0.39, 0.29) is 0 Å². The molecule has 0 radical (unpaired) electrons. The van der Waals surface area contributed by atoms with Gasteiger partial charge in [0.05, 0.1) is 0 Å². The fraction of sp³-hybridized carbons (Fsp3) is 0.333. The monoisotopic (exact) mass is 414 g/mol. The van der Waals surface area contributed by atoms with Crippen LogP contribution in [0, 0.1) is 27.7 Å². The van der Waals surface area contributed by atoms with Crippen molar-refractivity contribution in [3.63, 3.8) is 0 Å². The van der Waals surface area contributed by atoms with Gasteiger partial charge in [-0.3, -0.25) is 0 Å². The zero-order valence-electron chi connectivity index (χ0n) is 15.1. The molecule has 2 aromatic carbocycles. The van der Waals surface area contributed by atoms with Gasteiger partial charge in [-0.2, -0.15) is 0 Å². The van der Waals surface area contributed by atoms with Gasteiger partial charge >= 0.3 is 35.6 Å². The van der Waals surface area contributed by atoms with Crippen molar-refractivity contribution in [2.24, 2.45) is 0 Å². The van der Waals surface area contributed by atoms with E-state index in [0.29, 0.717) is 0 Å². The minimum absolute atomic E-state index is 0.556. The number of halogens is 2. The molecular formula is C18H24Cl2N2SiTi-2. The molecule has 0 aliphatic carbocycles. The normalized spacial score (nSPS) is 10.5. The molecule has 6 heteroatoms. The zero-order chi connectivity index (χ0) is 18.3. The maximum absolute atomic E-state index is 5.04. The quantitative estimate of drug-likeness (QED) is 0.458. The third-order valence-electron chi connectivity index (χ3n) is 3.65. The Morgan fingerprint density at radius 3 is 1.21 bits per heavy atom. The van der Waals surface area contributed by atoms with Crippen molar-refractivity contribution in [1.29, 1.82) is 0 Å². The molecule has 0 unspecified atom stereocenters. The van der Waals surface area contributed by atoms with Gasteiger partial charge in [0.2, 0.25) is 0 Å². The van der Waals surface area contributed by atoms with Gasteiger partial charge in [0, 0.05) is 0 Å². The van der Waals surface area contributed by atoms with Crippen LogP contribution in [0.5, 0.6) is 0 Å². The summed E-state index contributed by atoms with van der Waals surface area (Å²) in [5, 5.41) is 0. The Balaban J connectivity index is 0.000000891. The predicted octanol–water partition coefficient (Wildman–Crippen LogP) is 7.71. The van der Waals surface area contributed by atoms with Gasteiger partial charge in [0.15, 0.2) is 0 Å². The Bertz CT molecular complexity index is 582. The summed E-state index contributed by atoms with van der Waals surface area (Å²) >= 11 is -0.556. The summed E-state index contributed by atoms with van der Waals surface area (Å²) in [6.45, 7) is 12.9. The fourth-order valence-electron chi connectivity index (χ4n) is 2.54. The van der Waals surface area contributed by atoms with E-state index in [1.165, 1.54) is 22.3 Å². The van der Waals surface area contributed by atoms with Crippen LogP contribution in [0.3, 0.4) is 0 Å². The summed E-state index contributed by atoms with van der Waals surface area (Å²) in [6, 6.07) is 12.6. The first kappa shape index (κ1) is 21.6. The second-order valence-corrected chi connectivity index (χ2v) is 12.3. The first-order chi connectivity index (χ1) is 11.2. The second-order valence-electron chi connectivity index (χ2n) is 6.27. The minimum atomic E-state index is -2.06. The molecule has 2 rings (SSSR count). The molecule has 0 bridgehead atoms. The standard InChI is InChI=1S/C18H24N2Si.2ClH.Ti/c1-13-9-7-10-14(2)17(13)19-21(5,6)20-18-15(3)11-8-12-16(18)4;;;/h7-12H,1-6H3;2*1H;/q-2;;;+2/p-2. The molecule has 0 fully saturated rings. The number of benzene rings is 2. The van der Waals surface area contributed by atoms with Crippen LogP contribution in [0.1, 0.15) is 22.3 Å². The summed E-state index contributed by atoms with van der Waals surface area (Å²) < 4.78 is 0. The molecule has 0 amide bonds. The van der Waals surface area contributed by atoms with E-state index in [9.17, 15) is 0 Å². The first-order valence-corrected chi connectivity index (χ1v) is 15.0. The van der Waals surface area contributed by atoms with Crippen molar-refractivity contribution in [3.05, 3.63) is 68.6 Å². The van der Waals surface area contributed by atoms with E-state index in [2.05, 4.69) is 77.2 Å². The summed E-state index contributed by atoms with van der Waals surface area (Å²) in [5.74, 6) is 0. The first-order valence-electron chi connectivity index (χ1n) is 7.76. The molecule has 24 heavy (non-hydrogen) atoms. The third-order valence-corrected chi connectivity index (χ3v) is 5.19. The molecule has 0 aliphatic heterocycles. The molecule has 0 spiro atoms. The van der Waals surface area contributed by atoms with E-state index in [4.69, 9.17) is 28.6 Å². The third kappa shape index (κ3) is 6.46. The second kappa shape index (κ2) is 9.89. The summed E-state index contributed by atoms with van der Waals surface area (Å²) in [5.41, 5.74) is 7.15. The van der Waals surface area contributed by atoms with Crippen LogP contribution in [0.4, 0.5) is 11.4 Å². The van der Waals surface area contributed by atoms with Gasteiger partial charge in [0.1, 0.15) is 0 Å². The Labute approximate surface area is 164 Å². The van der Waals surface area contributed by atoms with E-state index in [1.54, 1.807) is 0 Å². The van der Waals surface area contributed by atoms with E-state index in [1.807, 2.05) is 0 Å². The van der Waals surface area contributed by atoms with Crippen LogP contribution in [0.2, 0.25) is 13.1 Å². The average molecular weight is 415 g/mol. The van der Waals surface area contributed by atoms with Crippen molar-refractivity contribution in [3.8, 4) is 0 Å². The number of rotatable bonds is 4. The Morgan fingerprint density at radius 2 is 0.958 bits per heavy atom. The van der Waals surface area contributed by atoms with E-state index >= 15 is 0 Å². The molecule has 0 atom stereocenters. The van der Waals surface area contributed by atoms with Gasteiger partial charge in [0.25, 0.3) is 0 Å². The van der Waals surface area contributed by atoms with Gasteiger partial charge in [-0.1, -0.05) is 58.7 Å². The van der Waals surface area contributed by atoms with Crippen LogP contribution in [0.15, 0.2) is 36.4 Å². The number of nitrogens with zero attached hydrogens (tertiary/aromatic N) is 2. The van der Waals surface area contributed by atoms with Crippen molar-refractivity contribution >= 4 is 38.4 Å². The van der Waals surface area contributed by atoms with E-state index in [0.717, 1.165) is 11.4 Å². The molecule has 2 nitrogen and oxygen atoms in total. The van der Waals surface area contributed by atoms with Crippen molar-refractivity contribution < 1.29 is 17.0 Å². The van der Waals surface area contributed by atoms with Crippen LogP contribution in [-0.2, 0) is 17.0 Å². The van der Waals surface area contributed by atoms with Crippen LogP contribution in [-0.4, -0.2) is 8.40 Å². The number of aryl methyl sites for hydroxylation is 4. The van der Waals surface area contributed by atoms with Gasteiger partial charge < -0.3 is 9.96 Å². The van der Waals surface area contributed by atoms with Gasteiger partial charge in [-0.05, 0) is 27.7 Å². The summed E-state index contributed by atoms with van der Waals surface area (Å²) in [4.78, 5) is 10.1. The molecule has 0 saturated carbocycles. The molecule has 0 saturated heterocycles. The molecule has 0 aromatic heterocycles. The summed E-state index contributed by atoms with van der Waals surface area (Å²) in [7, 11) is 7.72. The SMILES string of the molecule is Cc1cccc(C)c1[N-][Si](C)(C)[N-]c1c(C)cccc1C.[Cl][Ti][Cl].